The van der Waals surface area contributed by atoms with Gasteiger partial charge < -0.3 is 10.6 Å². The summed E-state index contributed by atoms with van der Waals surface area (Å²) in [6.45, 7) is 0. The summed E-state index contributed by atoms with van der Waals surface area (Å²) in [5.41, 5.74) is 0.929. The Bertz CT molecular complexity index is 270. The first-order valence-electron chi connectivity index (χ1n) is 4.22. The third kappa shape index (κ3) is 0.823. The first kappa shape index (κ1) is 7.53. The highest BCUT2D eigenvalue weighted by Gasteiger charge is 2.44. The van der Waals surface area contributed by atoms with Gasteiger partial charge in [0, 0.05) is 11.6 Å². The summed E-state index contributed by atoms with van der Waals surface area (Å²) in [7, 11) is 0. The maximum absolute atomic E-state index is 8.52. The monoisotopic (exact) mass is 164 g/mol. The molecule has 2 bridgehead atoms. The molecule has 0 aromatic heterocycles. The van der Waals surface area contributed by atoms with Gasteiger partial charge in [-0.15, -0.1) is 5.16 Å². The van der Waals surface area contributed by atoms with E-state index in [2.05, 4.69) is 11.2 Å². The maximum atomic E-state index is 8.52. The molecule has 0 spiro atoms. The van der Waals surface area contributed by atoms with Crippen LogP contribution < -0.4 is 0 Å². The Morgan fingerprint density at radius 2 is 2.58 bits per heavy atom. The standard InChI is InChI=1S/C9H12N2O/c10-5-8-3-7-1-2-9(8,4-7)6-11-12/h3,5-7,10,12H,1-2,4H2. The van der Waals surface area contributed by atoms with Crippen molar-refractivity contribution in [3.05, 3.63) is 11.6 Å². The Hall–Kier alpha value is -1.12. The van der Waals surface area contributed by atoms with Crippen LogP contribution in [0.1, 0.15) is 19.3 Å². The first-order valence-corrected chi connectivity index (χ1v) is 4.22. The van der Waals surface area contributed by atoms with E-state index >= 15 is 0 Å². The van der Waals surface area contributed by atoms with Gasteiger partial charge >= 0.3 is 0 Å². The average molecular weight is 164 g/mol. The van der Waals surface area contributed by atoms with Crippen LogP contribution in [0.4, 0.5) is 0 Å². The van der Waals surface area contributed by atoms with Gasteiger partial charge in [-0.3, -0.25) is 0 Å². The summed E-state index contributed by atoms with van der Waals surface area (Å²) >= 11 is 0. The van der Waals surface area contributed by atoms with Crippen molar-refractivity contribution in [2.75, 3.05) is 0 Å². The molecule has 12 heavy (non-hydrogen) atoms. The second-order valence-electron chi connectivity index (χ2n) is 3.67. The van der Waals surface area contributed by atoms with Gasteiger partial charge in [0.2, 0.25) is 0 Å². The first-order chi connectivity index (χ1) is 5.80. The Balaban J connectivity index is 2.36. The lowest BCUT2D eigenvalue weighted by atomic mass is 9.82. The SMILES string of the molecule is N=CC1=CC2CCC1(C=NO)C2. The minimum atomic E-state index is -0.0961. The van der Waals surface area contributed by atoms with Gasteiger partial charge in [-0.05, 0) is 30.8 Å². The zero-order valence-electron chi connectivity index (χ0n) is 6.83. The van der Waals surface area contributed by atoms with Gasteiger partial charge in [0.25, 0.3) is 0 Å². The Labute approximate surface area is 71.3 Å². The number of fused-ring (bicyclic) bond motifs is 2. The van der Waals surface area contributed by atoms with Crippen molar-refractivity contribution in [3.63, 3.8) is 0 Å². The molecule has 3 heteroatoms. The highest BCUT2D eigenvalue weighted by molar-refractivity contribution is 5.89. The molecule has 64 valence electrons. The number of oxime groups is 1. The summed E-state index contributed by atoms with van der Waals surface area (Å²) in [5, 5.41) is 18.9. The fourth-order valence-electron chi connectivity index (χ4n) is 2.43. The number of nitrogens with zero attached hydrogens (tertiary/aromatic N) is 1. The van der Waals surface area contributed by atoms with Crippen molar-refractivity contribution in [3.8, 4) is 0 Å². The fourth-order valence-corrected chi connectivity index (χ4v) is 2.43. The van der Waals surface area contributed by atoms with Gasteiger partial charge in [-0.1, -0.05) is 6.08 Å². The fraction of sp³-hybridized carbons (Fsp3) is 0.556. The highest BCUT2D eigenvalue weighted by atomic mass is 16.4. The Morgan fingerprint density at radius 3 is 3.17 bits per heavy atom. The van der Waals surface area contributed by atoms with Crippen molar-refractivity contribution >= 4 is 12.4 Å². The molecule has 0 heterocycles. The van der Waals surface area contributed by atoms with Crippen LogP contribution in [0, 0.1) is 16.7 Å². The molecule has 0 aliphatic heterocycles. The molecule has 1 fully saturated rings. The lowest BCUT2D eigenvalue weighted by Gasteiger charge is -2.21. The van der Waals surface area contributed by atoms with Gasteiger partial charge in [0.05, 0.1) is 6.21 Å². The molecular formula is C9H12N2O. The molecule has 2 aliphatic carbocycles. The van der Waals surface area contributed by atoms with Gasteiger partial charge in [0.15, 0.2) is 0 Å². The van der Waals surface area contributed by atoms with Crippen LogP contribution in [0.25, 0.3) is 0 Å². The molecule has 0 radical (unpaired) electrons. The van der Waals surface area contributed by atoms with Crippen molar-refractivity contribution in [2.45, 2.75) is 19.3 Å². The van der Waals surface area contributed by atoms with E-state index in [9.17, 15) is 0 Å². The zero-order valence-corrected chi connectivity index (χ0v) is 6.83. The summed E-state index contributed by atoms with van der Waals surface area (Å²) in [5.74, 6) is 0.611. The molecule has 2 N–H and O–H groups in total. The minimum absolute atomic E-state index is 0.0961. The minimum Gasteiger partial charge on any atom is -0.411 e. The van der Waals surface area contributed by atoms with E-state index in [0.29, 0.717) is 5.92 Å². The van der Waals surface area contributed by atoms with Crippen LogP contribution in [0.2, 0.25) is 0 Å². The summed E-state index contributed by atoms with van der Waals surface area (Å²) in [4.78, 5) is 0. The van der Waals surface area contributed by atoms with E-state index in [0.717, 1.165) is 18.4 Å². The molecule has 0 saturated heterocycles. The second-order valence-corrected chi connectivity index (χ2v) is 3.67. The van der Waals surface area contributed by atoms with Crippen LogP contribution in [0.15, 0.2) is 16.8 Å². The number of hydrogen-bond acceptors (Lipinski definition) is 3. The van der Waals surface area contributed by atoms with Crippen LogP contribution in [-0.4, -0.2) is 17.6 Å². The van der Waals surface area contributed by atoms with E-state index in [-0.39, 0.29) is 5.41 Å². The average Bonchev–Trinajstić information content (AvgIpc) is 2.60. The molecule has 2 aliphatic rings. The van der Waals surface area contributed by atoms with Gasteiger partial charge in [-0.25, -0.2) is 0 Å². The van der Waals surface area contributed by atoms with Crippen molar-refractivity contribution in [1.82, 2.24) is 0 Å². The van der Waals surface area contributed by atoms with E-state index < -0.39 is 0 Å². The molecule has 0 aromatic rings. The van der Waals surface area contributed by atoms with E-state index in [1.54, 1.807) is 6.21 Å². The second kappa shape index (κ2) is 2.44. The number of allylic oxidation sites excluding steroid dienone is 2. The lowest BCUT2D eigenvalue weighted by molar-refractivity contribution is 0.314. The predicted octanol–water partition coefficient (Wildman–Crippen LogP) is 1.82. The third-order valence-corrected chi connectivity index (χ3v) is 3.04. The van der Waals surface area contributed by atoms with Crippen LogP contribution >= 0.6 is 0 Å². The van der Waals surface area contributed by atoms with E-state index in [4.69, 9.17) is 10.6 Å². The normalized spacial score (nSPS) is 39.0. The van der Waals surface area contributed by atoms with Crippen LogP contribution in [0.3, 0.4) is 0 Å². The smallest absolute Gasteiger partial charge is 0.0542 e. The molecule has 1 saturated carbocycles. The molecular weight excluding hydrogens is 152 g/mol. The summed E-state index contributed by atoms with van der Waals surface area (Å²) < 4.78 is 0. The molecule has 2 atom stereocenters. The summed E-state index contributed by atoms with van der Waals surface area (Å²) in [6.07, 6.45) is 8.35. The Morgan fingerprint density at radius 1 is 1.75 bits per heavy atom. The molecule has 2 unspecified atom stereocenters. The lowest BCUT2D eigenvalue weighted by Crippen LogP contribution is -2.20. The van der Waals surface area contributed by atoms with Gasteiger partial charge in [0.1, 0.15) is 0 Å². The van der Waals surface area contributed by atoms with Crippen molar-refractivity contribution < 1.29 is 5.21 Å². The van der Waals surface area contributed by atoms with Gasteiger partial charge in [-0.2, -0.15) is 0 Å². The number of rotatable bonds is 2. The maximum Gasteiger partial charge on any atom is 0.0542 e. The number of nitrogens with one attached hydrogen (secondary N) is 1. The highest BCUT2D eigenvalue weighted by Crippen LogP contribution is 2.51. The topological polar surface area (TPSA) is 56.4 Å². The van der Waals surface area contributed by atoms with E-state index in [1.807, 2.05) is 0 Å². The molecule has 3 nitrogen and oxygen atoms in total. The predicted molar refractivity (Wildman–Crippen MR) is 46.9 cm³/mol. The van der Waals surface area contributed by atoms with Crippen LogP contribution in [0.5, 0.6) is 0 Å². The van der Waals surface area contributed by atoms with Crippen molar-refractivity contribution in [1.29, 1.82) is 5.41 Å². The van der Waals surface area contributed by atoms with Crippen molar-refractivity contribution in [2.24, 2.45) is 16.5 Å². The van der Waals surface area contributed by atoms with Crippen LogP contribution in [-0.2, 0) is 0 Å². The summed E-state index contributed by atoms with van der Waals surface area (Å²) in [6, 6.07) is 0. The zero-order chi connectivity index (χ0) is 8.60. The Kier molecular flexibility index (Phi) is 1.53. The molecule has 2 rings (SSSR count). The van der Waals surface area contributed by atoms with E-state index in [1.165, 1.54) is 12.6 Å². The molecule has 0 aromatic carbocycles. The third-order valence-electron chi connectivity index (χ3n) is 3.04. The molecule has 0 amide bonds. The largest absolute Gasteiger partial charge is 0.411 e. The number of hydrogen-bond donors (Lipinski definition) is 2. The quantitative estimate of drug-likeness (QED) is 0.365.